The van der Waals surface area contributed by atoms with Gasteiger partial charge in [-0.1, -0.05) is 42.5 Å². The van der Waals surface area contributed by atoms with Crippen molar-refractivity contribution in [3.05, 3.63) is 95.3 Å². The monoisotopic (exact) mass is 381 g/mol. The van der Waals surface area contributed by atoms with Crippen LogP contribution in [0.2, 0.25) is 0 Å². The molecule has 5 aromatic rings. The van der Waals surface area contributed by atoms with Gasteiger partial charge >= 0.3 is 0 Å². The summed E-state index contributed by atoms with van der Waals surface area (Å²) < 4.78 is 16.2. The summed E-state index contributed by atoms with van der Waals surface area (Å²) in [5.74, 6) is -0.870. The Balaban J connectivity index is 1.86. The lowest BCUT2D eigenvalue weighted by Gasteiger charge is -2.14. The second kappa shape index (κ2) is 6.45. The van der Waals surface area contributed by atoms with Crippen LogP contribution in [0.4, 0.5) is 4.39 Å². The lowest BCUT2D eigenvalue weighted by molar-refractivity contribution is 0.100. The molecule has 0 aliphatic rings. The number of hydrogen-bond acceptors (Lipinski definition) is 1. The van der Waals surface area contributed by atoms with Crippen molar-refractivity contribution in [1.29, 1.82) is 0 Å². The molecule has 0 spiro atoms. The number of amides is 1. The molecule has 29 heavy (non-hydrogen) atoms. The van der Waals surface area contributed by atoms with E-state index in [0.717, 1.165) is 27.4 Å². The first-order chi connectivity index (χ1) is 14.0. The normalized spacial score (nSPS) is 11.5. The molecule has 0 saturated carbocycles. The van der Waals surface area contributed by atoms with Crippen LogP contribution in [-0.2, 0) is 6.54 Å². The smallest absolute Gasteiger partial charge is 0.249 e. The van der Waals surface area contributed by atoms with Crippen molar-refractivity contribution in [3.63, 3.8) is 0 Å². The fourth-order valence-corrected chi connectivity index (χ4v) is 4.22. The standard InChI is InChI=1S/C25H18FN2O/c1-15-9-10-16-5-2-3-6-18(16)21(15)14-28-22-8-4-7-20(25(27)29)24(22)19-12-11-17(26)13-23(19)28/h2-11,13H,14H2,1H3,(H2,27,29). The van der Waals surface area contributed by atoms with E-state index < -0.39 is 5.91 Å². The molecular formula is C25H18FN2O. The zero-order valence-electron chi connectivity index (χ0n) is 15.9. The van der Waals surface area contributed by atoms with Crippen molar-refractivity contribution < 1.29 is 9.18 Å². The molecule has 0 atom stereocenters. The number of rotatable bonds is 3. The maximum Gasteiger partial charge on any atom is 0.249 e. The Morgan fingerprint density at radius 3 is 2.72 bits per heavy atom. The van der Waals surface area contributed by atoms with Crippen LogP contribution in [0.15, 0.2) is 66.7 Å². The summed E-state index contributed by atoms with van der Waals surface area (Å²) in [5.41, 5.74) is 9.90. The van der Waals surface area contributed by atoms with Crippen molar-refractivity contribution in [2.75, 3.05) is 0 Å². The van der Waals surface area contributed by atoms with Crippen LogP contribution in [0.5, 0.6) is 0 Å². The minimum Gasteiger partial charge on any atom is -0.366 e. The van der Waals surface area contributed by atoms with E-state index >= 15 is 0 Å². The Bertz CT molecular complexity index is 1430. The Labute approximate surface area is 167 Å². The summed E-state index contributed by atoms with van der Waals surface area (Å²) in [6.45, 7) is 2.63. The molecule has 0 bridgehead atoms. The minimum absolute atomic E-state index is 0.364. The SMILES string of the molecule is Cc1ccc2ccccc2c1Cn1c2cc(F)c[c]c2c2c(C(N)=O)cccc21. The number of aryl methyl sites for hydroxylation is 1. The quantitative estimate of drug-likeness (QED) is 0.450. The topological polar surface area (TPSA) is 48.0 Å². The molecule has 2 N–H and O–H groups in total. The lowest BCUT2D eigenvalue weighted by atomic mass is 9.99. The molecule has 4 aromatic carbocycles. The molecule has 1 aromatic heterocycles. The first-order valence-corrected chi connectivity index (χ1v) is 9.44. The molecule has 1 heterocycles. The second-order valence-corrected chi connectivity index (χ2v) is 7.31. The molecule has 0 unspecified atom stereocenters. The highest BCUT2D eigenvalue weighted by Gasteiger charge is 2.18. The number of hydrogen-bond donors (Lipinski definition) is 1. The minimum atomic E-state index is -0.506. The summed E-state index contributed by atoms with van der Waals surface area (Å²) in [7, 11) is 0. The molecule has 0 aliphatic heterocycles. The van der Waals surface area contributed by atoms with Gasteiger partial charge in [0.2, 0.25) is 5.91 Å². The number of carbonyl (C=O) groups excluding carboxylic acids is 1. The van der Waals surface area contributed by atoms with Crippen molar-refractivity contribution in [3.8, 4) is 0 Å². The zero-order valence-corrected chi connectivity index (χ0v) is 15.9. The van der Waals surface area contributed by atoms with E-state index in [-0.39, 0.29) is 5.82 Å². The first kappa shape index (κ1) is 17.4. The third-order valence-electron chi connectivity index (χ3n) is 5.62. The highest BCUT2D eigenvalue weighted by atomic mass is 19.1. The van der Waals surface area contributed by atoms with E-state index in [2.05, 4.69) is 37.3 Å². The van der Waals surface area contributed by atoms with Crippen LogP contribution in [-0.4, -0.2) is 10.5 Å². The average molecular weight is 381 g/mol. The maximum atomic E-state index is 14.1. The highest BCUT2D eigenvalue weighted by molar-refractivity contribution is 6.17. The number of halogens is 1. The Morgan fingerprint density at radius 2 is 1.90 bits per heavy atom. The first-order valence-electron chi connectivity index (χ1n) is 9.44. The molecule has 3 nitrogen and oxygen atoms in total. The Morgan fingerprint density at radius 1 is 1.07 bits per heavy atom. The summed E-state index contributed by atoms with van der Waals surface area (Å²) in [4.78, 5) is 12.0. The number of nitrogens with two attached hydrogens (primary N) is 1. The highest BCUT2D eigenvalue weighted by Crippen LogP contribution is 2.34. The molecule has 1 radical (unpaired) electrons. The molecule has 0 aliphatic carbocycles. The van der Waals surface area contributed by atoms with Crippen molar-refractivity contribution in [1.82, 2.24) is 4.57 Å². The van der Waals surface area contributed by atoms with Gasteiger partial charge in [-0.05, 0) is 59.2 Å². The van der Waals surface area contributed by atoms with E-state index in [4.69, 9.17) is 5.73 Å². The van der Waals surface area contributed by atoms with E-state index in [0.29, 0.717) is 28.4 Å². The summed E-state index contributed by atoms with van der Waals surface area (Å²) >= 11 is 0. The van der Waals surface area contributed by atoms with Gasteiger partial charge in [0, 0.05) is 22.9 Å². The predicted octanol–water partition coefficient (Wildman–Crippen LogP) is 5.34. The number of carbonyl (C=O) groups is 1. The molecule has 5 rings (SSSR count). The predicted molar refractivity (Wildman–Crippen MR) is 115 cm³/mol. The number of benzene rings is 4. The summed E-state index contributed by atoms with van der Waals surface area (Å²) in [5, 5.41) is 3.74. The number of nitrogens with zero attached hydrogens (tertiary/aromatic N) is 1. The van der Waals surface area contributed by atoms with Crippen LogP contribution in [0.3, 0.4) is 0 Å². The van der Waals surface area contributed by atoms with Gasteiger partial charge in [-0.3, -0.25) is 4.79 Å². The number of fused-ring (bicyclic) bond motifs is 4. The van der Waals surface area contributed by atoms with Crippen molar-refractivity contribution >= 4 is 38.5 Å². The second-order valence-electron chi connectivity index (χ2n) is 7.31. The van der Waals surface area contributed by atoms with Gasteiger partial charge in [0.25, 0.3) is 0 Å². The van der Waals surface area contributed by atoms with Crippen LogP contribution in [0.25, 0.3) is 32.6 Å². The van der Waals surface area contributed by atoms with Gasteiger partial charge in [-0.2, -0.15) is 0 Å². The fraction of sp³-hybridized carbons (Fsp3) is 0.0800. The molecule has 141 valence electrons. The lowest BCUT2D eigenvalue weighted by Crippen LogP contribution is -2.11. The van der Waals surface area contributed by atoms with E-state index in [1.807, 2.05) is 28.8 Å². The van der Waals surface area contributed by atoms with Crippen LogP contribution < -0.4 is 5.73 Å². The average Bonchev–Trinajstić information content (AvgIpc) is 3.03. The van der Waals surface area contributed by atoms with Gasteiger partial charge < -0.3 is 10.3 Å². The maximum absolute atomic E-state index is 14.1. The number of primary amides is 1. The van der Waals surface area contributed by atoms with Crippen LogP contribution >= 0.6 is 0 Å². The van der Waals surface area contributed by atoms with Crippen molar-refractivity contribution in [2.45, 2.75) is 13.5 Å². The zero-order chi connectivity index (χ0) is 20.1. The van der Waals surface area contributed by atoms with Gasteiger partial charge in [-0.25, -0.2) is 4.39 Å². The third-order valence-corrected chi connectivity index (χ3v) is 5.62. The summed E-state index contributed by atoms with van der Waals surface area (Å²) in [6.07, 6.45) is 0. The molecule has 1 amide bonds. The fourth-order valence-electron chi connectivity index (χ4n) is 4.22. The largest absolute Gasteiger partial charge is 0.366 e. The van der Waals surface area contributed by atoms with Crippen molar-refractivity contribution in [2.24, 2.45) is 5.73 Å². The molecule has 0 saturated heterocycles. The van der Waals surface area contributed by atoms with Gasteiger partial charge in [0.1, 0.15) is 5.82 Å². The molecule has 4 heteroatoms. The number of aromatic nitrogens is 1. The summed E-state index contributed by atoms with van der Waals surface area (Å²) in [6, 6.07) is 23.7. The van der Waals surface area contributed by atoms with Crippen LogP contribution in [0, 0.1) is 18.8 Å². The van der Waals surface area contributed by atoms with E-state index in [9.17, 15) is 9.18 Å². The molecular weight excluding hydrogens is 363 g/mol. The van der Waals surface area contributed by atoms with Gasteiger partial charge in [0.15, 0.2) is 0 Å². The van der Waals surface area contributed by atoms with E-state index in [1.54, 1.807) is 6.07 Å². The van der Waals surface area contributed by atoms with Gasteiger partial charge in [0.05, 0.1) is 11.0 Å². The van der Waals surface area contributed by atoms with Crippen LogP contribution in [0.1, 0.15) is 21.5 Å². The van der Waals surface area contributed by atoms with Gasteiger partial charge in [-0.15, -0.1) is 0 Å². The van der Waals surface area contributed by atoms with E-state index in [1.165, 1.54) is 12.1 Å². The third kappa shape index (κ3) is 2.68. The Hall–Kier alpha value is -3.66. The molecule has 0 fully saturated rings. The Kier molecular flexibility index (Phi) is 3.88.